The zero-order valence-corrected chi connectivity index (χ0v) is 15.1. The Morgan fingerprint density at radius 3 is 2.68 bits per heavy atom. The zero-order valence-electron chi connectivity index (χ0n) is 14.3. The number of hydrogen-bond donors (Lipinski definition) is 3. The van der Waals surface area contributed by atoms with E-state index < -0.39 is 0 Å². The maximum Gasteiger partial charge on any atom is 0.263 e. The van der Waals surface area contributed by atoms with Crippen LogP contribution in [-0.4, -0.2) is 36.5 Å². The van der Waals surface area contributed by atoms with Crippen LogP contribution < -0.4 is 16.0 Å². The zero-order chi connectivity index (χ0) is 18.1. The highest BCUT2D eigenvalue weighted by molar-refractivity contribution is 7.11. The van der Waals surface area contributed by atoms with Gasteiger partial charge < -0.3 is 16.0 Å². The normalized spacial score (nSPS) is 11.2. The Balaban J connectivity index is 1.81. The molecule has 0 aliphatic heterocycles. The number of nitrogens with zero attached hydrogens (tertiary/aromatic N) is 2. The number of carbonyl (C=O) groups excluding carboxylic acids is 1. The summed E-state index contributed by atoms with van der Waals surface area (Å²) in [6, 6.07) is 6.56. The van der Waals surface area contributed by atoms with Crippen molar-refractivity contribution < 1.29 is 9.18 Å². The quantitative estimate of drug-likeness (QED) is 0.400. The van der Waals surface area contributed by atoms with Gasteiger partial charge in [-0.05, 0) is 19.9 Å². The number of hydrogen-bond acceptors (Lipinski definition) is 4. The monoisotopic (exact) mass is 363 g/mol. The highest BCUT2D eigenvalue weighted by Crippen LogP contribution is 2.11. The van der Waals surface area contributed by atoms with Crippen LogP contribution in [0.1, 0.15) is 27.9 Å². The molecular weight excluding hydrogens is 341 g/mol. The molecule has 0 unspecified atom stereocenters. The molecule has 2 rings (SSSR count). The molecule has 1 aromatic carbocycles. The molecule has 134 valence electrons. The summed E-state index contributed by atoms with van der Waals surface area (Å²) < 4.78 is 13.6. The van der Waals surface area contributed by atoms with Crippen LogP contribution in [0, 0.1) is 12.7 Å². The minimum absolute atomic E-state index is 0.130. The first-order chi connectivity index (χ1) is 12.1. The fourth-order valence-electron chi connectivity index (χ4n) is 2.09. The average molecular weight is 363 g/mol. The number of carbonyl (C=O) groups is 1. The molecule has 3 N–H and O–H groups in total. The lowest BCUT2D eigenvalue weighted by Gasteiger charge is -2.12. The molecule has 0 fully saturated rings. The second-order valence-electron chi connectivity index (χ2n) is 5.24. The summed E-state index contributed by atoms with van der Waals surface area (Å²) >= 11 is 1.32. The van der Waals surface area contributed by atoms with Gasteiger partial charge in [0.2, 0.25) is 0 Å². The maximum absolute atomic E-state index is 13.6. The summed E-state index contributed by atoms with van der Waals surface area (Å²) in [5.41, 5.74) is 2.92. The van der Waals surface area contributed by atoms with Gasteiger partial charge in [-0.3, -0.25) is 4.79 Å². The second-order valence-corrected chi connectivity index (χ2v) is 6.09. The van der Waals surface area contributed by atoms with Gasteiger partial charge in [0.1, 0.15) is 10.7 Å². The molecule has 8 heteroatoms. The molecule has 0 aliphatic rings. The Hall–Kier alpha value is -2.48. The molecule has 25 heavy (non-hydrogen) atoms. The number of aliphatic imine (C=N–C) groups is 1. The van der Waals surface area contributed by atoms with Gasteiger partial charge in [0.15, 0.2) is 5.96 Å². The number of aromatic nitrogens is 1. The van der Waals surface area contributed by atoms with Crippen molar-refractivity contribution in [2.45, 2.75) is 20.4 Å². The van der Waals surface area contributed by atoms with Crippen LogP contribution in [-0.2, 0) is 6.54 Å². The van der Waals surface area contributed by atoms with Crippen molar-refractivity contribution in [3.8, 4) is 0 Å². The Bertz CT molecular complexity index is 731. The van der Waals surface area contributed by atoms with Crippen molar-refractivity contribution >= 4 is 23.2 Å². The van der Waals surface area contributed by atoms with Crippen molar-refractivity contribution in [2.75, 3.05) is 19.6 Å². The van der Waals surface area contributed by atoms with Crippen molar-refractivity contribution in [3.63, 3.8) is 0 Å². The molecule has 2 aromatic rings. The van der Waals surface area contributed by atoms with E-state index in [-0.39, 0.29) is 18.3 Å². The minimum Gasteiger partial charge on any atom is -0.357 e. The lowest BCUT2D eigenvalue weighted by atomic mass is 10.2. The van der Waals surface area contributed by atoms with Crippen LogP contribution in [0.5, 0.6) is 0 Å². The van der Waals surface area contributed by atoms with Crippen molar-refractivity contribution in [1.82, 2.24) is 20.9 Å². The third-order valence-corrected chi connectivity index (χ3v) is 4.29. The average Bonchev–Trinajstić information content (AvgIpc) is 3.03. The molecule has 0 aliphatic carbocycles. The summed E-state index contributed by atoms with van der Waals surface area (Å²) in [5, 5.41) is 9.04. The van der Waals surface area contributed by atoms with Crippen molar-refractivity contribution in [3.05, 3.63) is 51.7 Å². The van der Waals surface area contributed by atoms with Crippen LogP contribution in [0.3, 0.4) is 0 Å². The van der Waals surface area contributed by atoms with Crippen molar-refractivity contribution in [1.29, 1.82) is 0 Å². The Morgan fingerprint density at radius 2 is 2.00 bits per heavy atom. The van der Waals surface area contributed by atoms with Gasteiger partial charge in [0.25, 0.3) is 5.91 Å². The third-order valence-electron chi connectivity index (χ3n) is 3.36. The van der Waals surface area contributed by atoms with E-state index >= 15 is 0 Å². The van der Waals surface area contributed by atoms with Crippen LogP contribution in [0.4, 0.5) is 4.39 Å². The molecule has 1 heterocycles. The second kappa shape index (κ2) is 9.73. The molecule has 1 aromatic heterocycles. The summed E-state index contributed by atoms with van der Waals surface area (Å²) in [7, 11) is 0. The Morgan fingerprint density at radius 1 is 1.24 bits per heavy atom. The van der Waals surface area contributed by atoms with Crippen molar-refractivity contribution in [2.24, 2.45) is 4.99 Å². The smallest absolute Gasteiger partial charge is 0.263 e. The third kappa shape index (κ3) is 5.82. The van der Waals surface area contributed by atoms with Gasteiger partial charge in [0, 0.05) is 25.2 Å². The Labute approximate surface area is 150 Å². The molecule has 0 saturated heterocycles. The number of aryl methyl sites for hydroxylation is 1. The molecular formula is C17H22FN5OS. The molecule has 0 bridgehead atoms. The van der Waals surface area contributed by atoms with Gasteiger partial charge in [-0.1, -0.05) is 18.2 Å². The van der Waals surface area contributed by atoms with E-state index in [0.29, 0.717) is 36.0 Å². The largest absolute Gasteiger partial charge is 0.357 e. The van der Waals surface area contributed by atoms with Gasteiger partial charge >= 0.3 is 0 Å². The van der Waals surface area contributed by atoms with E-state index in [9.17, 15) is 9.18 Å². The number of guanidine groups is 1. The van der Waals surface area contributed by atoms with Crippen LogP contribution in [0.2, 0.25) is 0 Å². The van der Waals surface area contributed by atoms with E-state index in [1.165, 1.54) is 17.4 Å². The number of thiazole rings is 1. The summed E-state index contributed by atoms with van der Waals surface area (Å²) in [5.74, 6) is 0.179. The first-order valence-electron chi connectivity index (χ1n) is 8.05. The highest BCUT2D eigenvalue weighted by atomic mass is 32.1. The number of rotatable bonds is 7. The van der Waals surface area contributed by atoms with Gasteiger partial charge in [-0.15, -0.1) is 11.3 Å². The summed E-state index contributed by atoms with van der Waals surface area (Å²) in [6.07, 6.45) is 0. The van der Waals surface area contributed by atoms with Gasteiger partial charge in [0.05, 0.1) is 17.7 Å². The van der Waals surface area contributed by atoms with E-state index in [1.807, 2.05) is 13.8 Å². The standard InChI is InChI=1S/C17H22FN5OS/c1-3-19-17(22-10-13-6-4-5-7-14(13)18)21-9-8-20-16(24)15-12(2)23-11-25-15/h4-7,11H,3,8-10H2,1-2H3,(H,20,24)(H2,19,21,22). The van der Waals surface area contributed by atoms with Crippen LogP contribution in [0.25, 0.3) is 0 Å². The SMILES string of the molecule is CCNC(=NCc1ccccc1F)NCCNC(=O)c1scnc1C. The lowest BCUT2D eigenvalue weighted by Crippen LogP contribution is -2.41. The molecule has 6 nitrogen and oxygen atoms in total. The fourth-order valence-corrected chi connectivity index (χ4v) is 2.81. The maximum atomic E-state index is 13.6. The van der Waals surface area contributed by atoms with Gasteiger partial charge in [-0.25, -0.2) is 14.4 Å². The minimum atomic E-state index is -0.269. The first kappa shape index (κ1) is 18.9. The molecule has 0 spiro atoms. The van der Waals surface area contributed by atoms with E-state index in [2.05, 4.69) is 25.9 Å². The number of benzene rings is 1. The number of halogens is 1. The molecule has 0 atom stereocenters. The fraction of sp³-hybridized carbons (Fsp3) is 0.353. The van der Waals surface area contributed by atoms with Crippen LogP contribution >= 0.6 is 11.3 Å². The first-order valence-corrected chi connectivity index (χ1v) is 8.93. The summed E-state index contributed by atoms with van der Waals surface area (Å²) in [4.78, 5) is 21.0. The topological polar surface area (TPSA) is 78.4 Å². The molecule has 0 radical (unpaired) electrons. The number of amides is 1. The Kier molecular flexibility index (Phi) is 7.34. The van der Waals surface area contributed by atoms with E-state index in [1.54, 1.807) is 23.7 Å². The van der Waals surface area contributed by atoms with Crippen LogP contribution in [0.15, 0.2) is 34.8 Å². The van der Waals surface area contributed by atoms with E-state index in [4.69, 9.17) is 0 Å². The lowest BCUT2D eigenvalue weighted by molar-refractivity contribution is 0.0957. The highest BCUT2D eigenvalue weighted by Gasteiger charge is 2.10. The van der Waals surface area contributed by atoms with E-state index in [0.717, 1.165) is 5.69 Å². The molecule has 0 saturated carbocycles. The predicted molar refractivity (Wildman–Crippen MR) is 98.4 cm³/mol. The molecule has 1 amide bonds. The summed E-state index contributed by atoms with van der Waals surface area (Å²) in [6.45, 7) is 5.65. The van der Waals surface area contributed by atoms with Gasteiger partial charge in [-0.2, -0.15) is 0 Å². The number of nitrogens with one attached hydrogen (secondary N) is 3. The predicted octanol–water partition coefficient (Wildman–Crippen LogP) is 2.08.